The smallest absolute Gasteiger partial charge is 0.401 e. The summed E-state index contributed by atoms with van der Waals surface area (Å²) in [4.78, 5) is 8.78. The molecule has 0 spiro atoms. The van der Waals surface area contributed by atoms with Crippen LogP contribution in [0.4, 0.5) is 0 Å². The van der Waals surface area contributed by atoms with Crippen molar-refractivity contribution in [3.63, 3.8) is 0 Å². The molecule has 0 aliphatic heterocycles. The second-order valence-electron chi connectivity index (χ2n) is 2.29. The van der Waals surface area contributed by atoms with Gasteiger partial charge < -0.3 is 35.0 Å². The van der Waals surface area contributed by atoms with Crippen LogP contribution in [0.5, 0.6) is 0 Å². The topological polar surface area (TPSA) is 213 Å². The maximum Gasteiger partial charge on any atom is 0.642 e. The van der Waals surface area contributed by atoms with Crippen molar-refractivity contribution in [3.05, 3.63) is 0 Å². The van der Waals surface area contributed by atoms with E-state index in [-0.39, 0.29) is 0 Å². The lowest BCUT2D eigenvalue weighted by Gasteiger charge is -2.19. The molecule has 0 aromatic carbocycles. The van der Waals surface area contributed by atoms with E-state index in [9.17, 15) is 9.13 Å². The minimum Gasteiger partial charge on any atom is -0.401 e. The van der Waals surface area contributed by atoms with Crippen LogP contribution in [0.25, 0.3) is 0 Å². The second kappa shape index (κ2) is 7.12. The van der Waals surface area contributed by atoms with Crippen LogP contribution in [0.15, 0.2) is 0 Å². The molecule has 18 heavy (non-hydrogen) atoms. The number of rotatable bonds is 8. The van der Waals surface area contributed by atoms with Gasteiger partial charge in [0.1, 0.15) is 0 Å². The lowest BCUT2D eigenvalue weighted by Crippen LogP contribution is -2.23. The molecule has 0 aromatic heterocycles. The zero-order valence-corrected chi connectivity index (χ0v) is 10.00. The summed E-state index contributed by atoms with van der Waals surface area (Å²) in [5.74, 6) is 0. The van der Waals surface area contributed by atoms with Gasteiger partial charge in [0, 0.05) is 0 Å². The summed E-state index contributed by atoms with van der Waals surface area (Å²) in [6.45, 7) is 0. The van der Waals surface area contributed by atoms with Crippen molar-refractivity contribution in [2.45, 2.75) is 0 Å². The third-order valence-electron chi connectivity index (χ3n) is 0.877. The van der Waals surface area contributed by atoms with Crippen LogP contribution in [0.2, 0.25) is 0 Å². The third kappa shape index (κ3) is 8.34. The molecule has 7 N–H and O–H groups in total. The van der Waals surface area contributed by atoms with Crippen LogP contribution in [0, 0.1) is 0 Å². The fraction of sp³-hybridized carbons (Fsp3) is 0. The van der Waals surface area contributed by atoms with Crippen molar-refractivity contribution in [1.29, 1.82) is 0 Å². The molecule has 0 aliphatic rings. The summed E-state index contributed by atoms with van der Waals surface area (Å²) in [6, 6.07) is 0. The molecule has 104 valence electrons. The first-order valence-electron chi connectivity index (χ1n) is 3.73. The first-order chi connectivity index (χ1) is 7.96. The first-order valence-corrected chi connectivity index (χ1v) is 6.69. The Morgan fingerprint density at radius 1 is 0.722 bits per heavy atom. The summed E-state index contributed by atoms with van der Waals surface area (Å²) in [5.41, 5.74) is 0. The molecule has 0 saturated carbocycles. The Labute approximate surface area is 100 Å². The Hall–Kier alpha value is 0.215. The number of hydrogen-bond donors (Lipinski definition) is 7. The molecule has 1 atom stereocenters. The van der Waals surface area contributed by atoms with E-state index < -0.39 is 37.6 Å². The van der Waals surface area contributed by atoms with Gasteiger partial charge in [0.25, 0.3) is 0 Å². The Bertz CT molecular complexity index is 321. The quantitative estimate of drug-likeness (QED) is 0.169. The van der Waals surface area contributed by atoms with E-state index in [2.05, 4.69) is 17.6 Å². The predicted octanol–water partition coefficient (Wildman–Crippen LogP) is -3.83. The molecule has 0 heterocycles. The first kappa shape index (κ1) is 18.2. The fourth-order valence-corrected chi connectivity index (χ4v) is 2.78. The average Bonchev–Trinajstić information content (AvgIpc) is 1.92. The molecular weight excluding hydrogens is 302 g/mol. The van der Waals surface area contributed by atoms with E-state index in [0.29, 0.717) is 0 Å². The van der Waals surface area contributed by atoms with Crippen molar-refractivity contribution < 1.29 is 61.8 Å². The summed E-state index contributed by atoms with van der Waals surface area (Å²) >= 11 is 0. The summed E-state index contributed by atoms with van der Waals surface area (Å²) in [6.07, 6.45) is 0. The normalized spacial score (nSPS) is 15.1. The molecular formula is H7B3O13P2. The maximum absolute atomic E-state index is 11.3. The van der Waals surface area contributed by atoms with Gasteiger partial charge in [0.15, 0.2) is 0 Å². The Kier molecular flexibility index (Phi) is 7.20. The van der Waals surface area contributed by atoms with E-state index >= 15 is 0 Å². The van der Waals surface area contributed by atoms with Gasteiger partial charge in [-0.15, -0.1) is 0 Å². The highest BCUT2D eigenvalue weighted by molar-refractivity contribution is 7.63. The highest BCUT2D eigenvalue weighted by atomic mass is 31.3. The van der Waals surface area contributed by atoms with E-state index in [0.717, 1.165) is 0 Å². The van der Waals surface area contributed by atoms with Crippen molar-refractivity contribution in [2.75, 3.05) is 0 Å². The minimum atomic E-state index is -5.44. The fourth-order valence-electron chi connectivity index (χ4n) is 0.559. The second-order valence-corrected chi connectivity index (χ2v) is 5.41. The van der Waals surface area contributed by atoms with Gasteiger partial charge in [0.2, 0.25) is 0 Å². The molecule has 0 bridgehead atoms. The van der Waals surface area contributed by atoms with Gasteiger partial charge in [-0.2, -0.15) is 4.31 Å². The van der Waals surface area contributed by atoms with Crippen molar-refractivity contribution in [2.24, 2.45) is 0 Å². The van der Waals surface area contributed by atoms with Crippen LogP contribution >= 0.6 is 15.6 Å². The SMILES string of the molecule is O=P(O)(OB(O)O)OP(=O)(OB(O)O)OB(O)O. The van der Waals surface area contributed by atoms with E-state index in [4.69, 9.17) is 35.0 Å². The summed E-state index contributed by atoms with van der Waals surface area (Å²) in [7, 11) is -19.3. The van der Waals surface area contributed by atoms with E-state index in [1.54, 1.807) is 0 Å². The molecule has 0 aliphatic carbocycles. The Balaban J connectivity index is 4.89. The zero-order chi connectivity index (χ0) is 14.6. The summed E-state index contributed by atoms with van der Waals surface area (Å²) < 4.78 is 36.5. The summed E-state index contributed by atoms with van der Waals surface area (Å²) in [5, 5.41) is 49.6. The molecule has 0 fully saturated rings. The highest BCUT2D eigenvalue weighted by Gasteiger charge is 2.45. The van der Waals surface area contributed by atoms with Crippen LogP contribution in [0.1, 0.15) is 0 Å². The molecule has 13 nitrogen and oxygen atoms in total. The van der Waals surface area contributed by atoms with Crippen LogP contribution in [-0.2, 0) is 26.8 Å². The molecule has 1 unspecified atom stereocenters. The highest BCUT2D eigenvalue weighted by Crippen LogP contribution is 2.63. The predicted molar refractivity (Wildman–Crippen MR) is 52.3 cm³/mol. The molecule has 0 aromatic rings. The van der Waals surface area contributed by atoms with Crippen molar-refractivity contribution in [1.82, 2.24) is 0 Å². The lowest BCUT2D eigenvalue weighted by molar-refractivity contribution is 0.172. The standard InChI is InChI=1S/B3H7O13P2/c4-1(5)13-17(10,11)16-18(12,14-2(6)7)15-3(8)9/h4-9H,(H,10,11). The molecule has 0 saturated heterocycles. The monoisotopic (exact) mass is 310 g/mol. The molecule has 0 radical (unpaired) electrons. The van der Waals surface area contributed by atoms with E-state index in [1.165, 1.54) is 0 Å². The van der Waals surface area contributed by atoms with Crippen LogP contribution < -0.4 is 0 Å². The number of hydrogen-bond acceptors (Lipinski definition) is 12. The minimum absolute atomic E-state index is 2.81. The van der Waals surface area contributed by atoms with Crippen LogP contribution in [0.3, 0.4) is 0 Å². The molecule has 0 rings (SSSR count). The van der Waals surface area contributed by atoms with Gasteiger partial charge >= 0.3 is 37.6 Å². The molecule has 18 heteroatoms. The van der Waals surface area contributed by atoms with Gasteiger partial charge in [-0.25, -0.2) is 9.13 Å². The molecule has 0 amide bonds. The Morgan fingerprint density at radius 2 is 1.06 bits per heavy atom. The van der Waals surface area contributed by atoms with Gasteiger partial charge in [-0.1, -0.05) is 0 Å². The van der Waals surface area contributed by atoms with Crippen molar-refractivity contribution >= 4 is 37.6 Å². The zero-order valence-electron chi connectivity index (χ0n) is 8.21. The van der Waals surface area contributed by atoms with Gasteiger partial charge in [0.05, 0.1) is 0 Å². The lowest BCUT2D eigenvalue weighted by atomic mass is 10.3. The largest absolute Gasteiger partial charge is 0.642 e. The van der Waals surface area contributed by atoms with Crippen LogP contribution in [-0.4, -0.2) is 57.0 Å². The third-order valence-corrected chi connectivity index (χ3v) is 3.85. The van der Waals surface area contributed by atoms with Gasteiger partial charge in [-0.05, 0) is 0 Å². The maximum atomic E-state index is 11.3. The van der Waals surface area contributed by atoms with Crippen molar-refractivity contribution in [3.8, 4) is 0 Å². The Morgan fingerprint density at radius 3 is 1.33 bits per heavy atom. The van der Waals surface area contributed by atoms with Gasteiger partial charge in [-0.3, -0.25) is 13.3 Å². The average molecular weight is 309 g/mol. The number of phosphoric acid groups is 2. The van der Waals surface area contributed by atoms with E-state index in [1.807, 2.05) is 0 Å².